The third-order valence-electron chi connectivity index (χ3n) is 3.32. The number of carbonyl (C=O) groups excluding carboxylic acids is 1. The maximum absolute atomic E-state index is 12.0. The van der Waals surface area contributed by atoms with Crippen LogP contribution < -0.4 is 10.6 Å². The van der Waals surface area contributed by atoms with E-state index in [4.69, 9.17) is 22.1 Å². The summed E-state index contributed by atoms with van der Waals surface area (Å²) in [6.45, 7) is 6.10. The van der Waals surface area contributed by atoms with Gasteiger partial charge in [0.15, 0.2) is 0 Å². The van der Waals surface area contributed by atoms with Gasteiger partial charge >= 0.3 is 5.97 Å². The molecule has 1 fully saturated rings. The Bertz CT molecular complexity index is 491. The van der Waals surface area contributed by atoms with Crippen LogP contribution in [0.1, 0.15) is 30.6 Å². The van der Waals surface area contributed by atoms with Crippen LogP contribution in [-0.2, 0) is 4.74 Å². The van der Waals surface area contributed by atoms with E-state index in [1.807, 2.05) is 0 Å². The largest absolute Gasteiger partial charge is 0.462 e. The Balaban J connectivity index is 2.42. The summed E-state index contributed by atoms with van der Waals surface area (Å²) in [4.78, 5) is 14.2. The monoisotopic (exact) mass is 282 g/mol. The van der Waals surface area contributed by atoms with Crippen molar-refractivity contribution in [3.05, 3.63) is 22.7 Å². The topological polar surface area (TPSA) is 55.6 Å². The second-order valence-electron chi connectivity index (χ2n) is 4.96. The molecule has 1 aromatic rings. The number of anilines is 2. The Hall–Kier alpha value is -1.42. The summed E-state index contributed by atoms with van der Waals surface area (Å²) in [6.07, 6.45) is 1.10. The normalized spacial score (nSPS) is 18.7. The fourth-order valence-corrected chi connectivity index (χ4v) is 2.79. The maximum Gasteiger partial charge on any atom is 0.340 e. The maximum atomic E-state index is 12.0. The van der Waals surface area contributed by atoms with Gasteiger partial charge in [0.25, 0.3) is 0 Å². The molecule has 2 N–H and O–H groups in total. The quantitative estimate of drug-likeness (QED) is 0.684. The molecule has 0 amide bonds. The van der Waals surface area contributed by atoms with Crippen molar-refractivity contribution in [2.75, 3.05) is 30.3 Å². The number of halogens is 1. The van der Waals surface area contributed by atoms with Crippen molar-refractivity contribution < 1.29 is 9.53 Å². The minimum atomic E-state index is -0.369. The predicted octanol–water partition coefficient (Wildman–Crippen LogP) is 2.95. The average Bonchev–Trinajstić information content (AvgIpc) is 2.74. The van der Waals surface area contributed by atoms with E-state index in [9.17, 15) is 4.79 Å². The molecule has 0 spiro atoms. The van der Waals surface area contributed by atoms with Gasteiger partial charge in [-0.3, -0.25) is 0 Å². The first-order valence-corrected chi connectivity index (χ1v) is 6.91. The Morgan fingerprint density at radius 2 is 2.32 bits per heavy atom. The third-order valence-corrected chi connectivity index (χ3v) is 3.61. The molecule has 1 atom stereocenters. The smallest absolute Gasteiger partial charge is 0.340 e. The van der Waals surface area contributed by atoms with Gasteiger partial charge in [0.1, 0.15) is 0 Å². The van der Waals surface area contributed by atoms with Gasteiger partial charge in [-0.1, -0.05) is 18.5 Å². The highest BCUT2D eigenvalue weighted by Crippen LogP contribution is 2.36. The molecule has 1 heterocycles. The highest BCUT2D eigenvalue weighted by atomic mass is 35.5. The zero-order valence-corrected chi connectivity index (χ0v) is 12.0. The van der Waals surface area contributed by atoms with Gasteiger partial charge in [0.2, 0.25) is 0 Å². The SMILES string of the molecule is CCOC(=O)c1cc(N)cc(Cl)c1N1CCC(C)C1. The van der Waals surface area contributed by atoms with Crippen LogP contribution in [0.4, 0.5) is 11.4 Å². The minimum Gasteiger partial charge on any atom is -0.462 e. The first-order chi connectivity index (χ1) is 9.02. The first kappa shape index (κ1) is 14.0. The lowest BCUT2D eigenvalue weighted by Crippen LogP contribution is -2.23. The molecule has 1 aliphatic rings. The summed E-state index contributed by atoms with van der Waals surface area (Å²) >= 11 is 6.28. The predicted molar refractivity (Wildman–Crippen MR) is 77.8 cm³/mol. The minimum absolute atomic E-state index is 0.334. The van der Waals surface area contributed by atoms with Crippen LogP contribution >= 0.6 is 11.6 Å². The zero-order valence-electron chi connectivity index (χ0n) is 11.3. The molecule has 0 saturated carbocycles. The Morgan fingerprint density at radius 3 is 2.89 bits per heavy atom. The van der Waals surface area contributed by atoms with E-state index in [-0.39, 0.29) is 5.97 Å². The van der Waals surface area contributed by atoms with Crippen LogP contribution in [0.5, 0.6) is 0 Å². The van der Waals surface area contributed by atoms with Crippen LogP contribution in [0, 0.1) is 5.92 Å². The van der Waals surface area contributed by atoms with Crippen molar-refractivity contribution in [3.63, 3.8) is 0 Å². The molecule has 0 radical (unpaired) electrons. The highest BCUT2D eigenvalue weighted by Gasteiger charge is 2.26. The molecule has 5 heteroatoms. The lowest BCUT2D eigenvalue weighted by Gasteiger charge is -2.23. The number of nitrogens with two attached hydrogens (primary N) is 1. The summed E-state index contributed by atoms with van der Waals surface area (Å²) in [5.74, 6) is 0.231. The second-order valence-corrected chi connectivity index (χ2v) is 5.37. The summed E-state index contributed by atoms with van der Waals surface area (Å²) < 4.78 is 5.09. The summed E-state index contributed by atoms with van der Waals surface area (Å²) in [7, 11) is 0. The molecule has 0 bridgehead atoms. The lowest BCUT2D eigenvalue weighted by molar-refractivity contribution is 0.0527. The van der Waals surface area contributed by atoms with Crippen LogP contribution in [0.3, 0.4) is 0 Å². The number of nitrogens with zero attached hydrogens (tertiary/aromatic N) is 1. The van der Waals surface area contributed by atoms with Crippen LogP contribution in [-0.4, -0.2) is 25.7 Å². The van der Waals surface area contributed by atoms with Gasteiger partial charge in [-0.25, -0.2) is 4.79 Å². The number of benzene rings is 1. The summed E-state index contributed by atoms with van der Waals surface area (Å²) in [5, 5.41) is 0.511. The summed E-state index contributed by atoms with van der Waals surface area (Å²) in [6, 6.07) is 3.32. The third kappa shape index (κ3) is 2.95. The van der Waals surface area contributed by atoms with E-state index in [1.54, 1.807) is 19.1 Å². The molecule has 2 rings (SSSR count). The fourth-order valence-electron chi connectivity index (χ4n) is 2.44. The molecule has 1 aromatic carbocycles. The van der Waals surface area contributed by atoms with E-state index in [1.165, 1.54) is 0 Å². The Morgan fingerprint density at radius 1 is 1.58 bits per heavy atom. The Kier molecular flexibility index (Phi) is 4.20. The van der Waals surface area contributed by atoms with Crippen molar-refractivity contribution in [1.29, 1.82) is 0 Å². The molecule has 0 aliphatic carbocycles. The van der Waals surface area contributed by atoms with Gasteiger partial charge in [0.05, 0.1) is 22.9 Å². The van der Waals surface area contributed by atoms with Crippen LogP contribution in [0.2, 0.25) is 5.02 Å². The standard InChI is InChI=1S/C14H19ClN2O2/c1-3-19-14(18)11-6-10(16)7-12(15)13(11)17-5-4-9(2)8-17/h6-7,9H,3-5,8,16H2,1-2H3. The second kappa shape index (κ2) is 5.70. The van der Waals surface area contributed by atoms with Gasteiger partial charge < -0.3 is 15.4 Å². The lowest BCUT2D eigenvalue weighted by atomic mass is 10.1. The molecule has 1 saturated heterocycles. The molecule has 104 valence electrons. The zero-order chi connectivity index (χ0) is 14.0. The molecule has 4 nitrogen and oxygen atoms in total. The number of esters is 1. The molecule has 0 aromatic heterocycles. The van der Waals surface area contributed by atoms with Crippen LogP contribution in [0.25, 0.3) is 0 Å². The van der Waals surface area contributed by atoms with Crippen molar-refractivity contribution in [3.8, 4) is 0 Å². The number of nitrogen functional groups attached to an aromatic ring is 1. The average molecular weight is 283 g/mol. The highest BCUT2D eigenvalue weighted by molar-refractivity contribution is 6.34. The van der Waals surface area contributed by atoms with E-state index < -0.39 is 0 Å². The van der Waals surface area contributed by atoms with Crippen LogP contribution in [0.15, 0.2) is 12.1 Å². The molecule has 1 aliphatic heterocycles. The van der Waals surface area contributed by atoms with E-state index in [0.717, 1.165) is 25.2 Å². The van der Waals surface area contributed by atoms with Gasteiger partial charge in [-0.05, 0) is 31.4 Å². The van der Waals surface area contributed by atoms with Gasteiger partial charge in [-0.2, -0.15) is 0 Å². The number of carbonyl (C=O) groups is 1. The molecular weight excluding hydrogens is 264 g/mol. The summed E-state index contributed by atoms with van der Waals surface area (Å²) in [5.41, 5.74) is 7.46. The Labute approximate surface area is 118 Å². The van der Waals surface area contributed by atoms with Crippen molar-refractivity contribution in [2.24, 2.45) is 5.92 Å². The number of hydrogen-bond acceptors (Lipinski definition) is 4. The van der Waals surface area contributed by atoms with E-state index in [2.05, 4.69) is 11.8 Å². The number of hydrogen-bond donors (Lipinski definition) is 1. The van der Waals surface area contributed by atoms with Gasteiger partial charge in [0, 0.05) is 18.8 Å². The van der Waals surface area contributed by atoms with Crippen molar-refractivity contribution >= 4 is 28.9 Å². The van der Waals surface area contributed by atoms with Crippen molar-refractivity contribution in [1.82, 2.24) is 0 Å². The fraction of sp³-hybridized carbons (Fsp3) is 0.500. The van der Waals surface area contributed by atoms with E-state index in [0.29, 0.717) is 28.8 Å². The molecule has 19 heavy (non-hydrogen) atoms. The molecular formula is C14H19ClN2O2. The van der Waals surface area contributed by atoms with E-state index >= 15 is 0 Å². The van der Waals surface area contributed by atoms with Crippen molar-refractivity contribution in [2.45, 2.75) is 20.3 Å². The number of ether oxygens (including phenoxy) is 1. The van der Waals surface area contributed by atoms with Gasteiger partial charge in [-0.15, -0.1) is 0 Å². The molecule has 1 unspecified atom stereocenters. The first-order valence-electron chi connectivity index (χ1n) is 6.54. The number of rotatable bonds is 3.